The summed E-state index contributed by atoms with van der Waals surface area (Å²) < 4.78 is 0. The van der Waals surface area contributed by atoms with E-state index in [1.165, 1.54) is 11.3 Å². The number of hydrogen-bond donors (Lipinski definition) is 3. The van der Waals surface area contributed by atoms with Crippen molar-refractivity contribution in [2.24, 2.45) is 5.73 Å². The van der Waals surface area contributed by atoms with Crippen molar-refractivity contribution in [3.8, 4) is 0 Å². The summed E-state index contributed by atoms with van der Waals surface area (Å²) in [6, 6.07) is 3.56. The summed E-state index contributed by atoms with van der Waals surface area (Å²) in [4.78, 5) is 22.5. The van der Waals surface area contributed by atoms with Gasteiger partial charge in [0.05, 0.1) is 9.88 Å². The Morgan fingerprint density at radius 1 is 1.44 bits per heavy atom. The highest BCUT2D eigenvalue weighted by Gasteiger charge is 2.08. The first-order chi connectivity index (χ1) is 7.13. The van der Waals surface area contributed by atoms with Crippen molar-refractivity contribution in [1.29, 1.82) is 0 Å². The Bertz CT molecular complexity index is 367. The van der Waals surface area contributed by atoms with E-state index in [1.54, 1.807) is 13.1 Å². The fourth-order valence-corrected chi connectivity index (χ4v) is 1.76. The van der Waals surface area contributed by atoms with Gasteiger partial charge in [0.15, 0.2) is 0 Å². The molecule has 0 saturated heterocycles. The largest absolute Gasteiger partial charge is 0.380 e. The summed E-state index contributed by atoms with van der Waals surface area (Å²) in [5.74, 6) is -0.597. The van der Waals surface area contributed by atoms with E-state index in [2.05, 4.69) is 10.6 Å². The minimum absolute atomic E-state index is 0. The van der Waals surface area contributed by atoms with Crippen LogP contribution in [0.1, 0.15) is 16.1 Å². The molecule has 0 aromatic carbocycles. The van der Waals surface area contributed by atoms with Gasteiger partial charge < -0.3 is 16.4 Å². The van der Waals surface area contributed by atoms with Crippen LogP contribution in [0.3, 0.4) is 0 Å². The van der Waals surface area contributed by atoms with Gasteiger partial charge in [-0.05, 0) is 12.1 Å². The highest BCUT2D eigenvalue weighted by Crippen LogP contribution is 2.20. The molecule has 1 rings (SSSR count). The average molecular weight is 264 g/mol. The molecule has 16 heavy (non-hydrogen) atoms. The highest BCUT2D eigenvalue weighted by atomic mass is 35.5. The Morgan fingerprint density at radius 2 is 2.12 bits per heavy atom. The fraction of sp³-hybridized carbons (Fsp3) is 0.333. The molecule has 0 aliphatic heterocycles. The summed E-state index contributed by atoms with van der Waals surface area (Å²) in [5.41, 5.74) is 4.95. The molecule has 2 amide bonds. The van der Waals surface area contributed by atoms with Gasteiger partial charge in [-0.3, -0.25) is 9.59 Å². The van der Waals surface area contributed by atoms with Gasteiger partial charge in [-0.1, -0.05) is 0 Å². The van der Waals surface area contributed by atoms with E-state index in [1.807, 2.05) is 6.07 Å². The lowest BCUT2D eigenvalue weighted by atomic mass is 10.4. The first-order valence-corrected chi connectivity index (χ1v) is 5.29. The minimum Gasteiger partial charge on any atom is -0.380 e. The van der Waals surface area contributed by atoms with Gasteiger partial charge in [-0.15, -0.1) is 23.7 Å². The molecule has 0 bridgehead atoms. The number of nitrogens with two attached hydrogens (primary N) is 1. The van der Waals surface area contributed by atoms with Crippen LogP contribution in [0.4, 0.5) is 5.00 Å². The Morgan fingerprint density at radius 3 is 2.62 bits per heavy atom. The molecular weight excluding hydrogens is 250 g/mol. The van der Waals surface area contributed by atoms with Crippen molar-refractivity contribution in [2.75, 3.05) is 18.9 Å². The van der Waals surface area contributed by atoms with Gasteiger partial charge >= 0.3 is 0 Å². The monoisotopic (exact) mass is 263 g/mol. The maximum absolute atomic E-state index is 11.5. The zero-order chi connectivity index (χ0) is 11.3. The van der Waals surface area contributed by atoms with Crippen LogP contribution in [0.5, 0.6) is 0 Å². The maximum atomic E-state index is 11.5. The van der Waals surface area contributed by atoms with Crippen molar-refractivity contribution >= 4 is 40.6 Å². The van der Waals surface area contributed by atoms with Crippen LogP contribution < -0.4 is 16.4 Å². The first kappa shape index (κ1) is 14.7. The molecule has 4 N–H and O–H groups in total. The molecule has 0 atom stereocenters. The summed E-state index contributed by atoms with van der Waals surface area (Å²) >= 11 is 1.36. The Hall–Kier alpha value is -1.27. The molecular formula is C9H14ClN3O2S. The lowest BCUT2D eigenvalue weighted by Gasteiger charge is -2.00. The molecule has 90 valence electrons. The Balaban J connectivity index is 0.00000225. The molecule has 1 heterocycles. The van der Waals surface area contributed by atoms with Gasteiger partial charge in [0.25, 0.3) is 5.91 Å². The van der Waals surface area contributed by atoms with E-state index < -0.39 is 5.91 Å². The molecule has 1 aromatic heterocycles. The van der Waals surface area contributed by atoms with Crippen molar-refractivity contribution < 1.29 is 9.59 Å². The number of rotatable bonds is 5. The number of anilines is 1. The smallest absolute Gasteiger partial charge is 0.261 e. The number of halogens is 1. The quantitative estimate of drug-likeness (QED) is 0.735. The molecule has 0 fully saturated rings. The van der Waals surface area contributed by atoms with Gasteiger partial charge in [0.2, 0.25) is 5.91 Å². The standard InChI is InChI=1S/C9H13N3O2S.ClH/c1-11-8-3-2-6(15-8)9(14)12-5-4-7(10)13;/h2-3,11H,4-5H2,1H3,(H2,10,13)(H,12,14);1H. The van der Waals surface area contributed by atoms with Gasteiger partial charge in [-0.25, -0.2) is 0 Å². The van der Waals surface area contributed by atoms with Crippen LogP contribution in [-0.2, 0) is 4.79 Å². The third-order valence-corrected chi connectivity index (χ3v) is 2.83. The fourth-order valence-electron chi connectivity index (χ4n) is 0.981. The third-order valence-electron chi connectivity index (χ3n) is 1.73. The Labute approximate surface area is 104 Å². The summed E-state index contributed by atoms with van der Waals surface area (Å²) in [6.45, 7) is 0.279. The lowest BCUT2D eigenvalue weighted by molar-refractivity contribution is -0.117. The van der Waals surface area contributed by atoms with E-state index in [-0.39, 0.29) is 31.3 Å². The first-order valence-electron chi connectivity index (χ1n) is 4.47. The number of hydrogen-bond acceptors (Lipinski definition) is 4. The number of thiophene rings is 1. The van der Waals surface area contributed by atoms with Crippen molar-refractivity contribution in [1.82, 2.24) is 5.32 Å². The number of carbonyl (C=O) groups is 2. The molecule has 5 nitrogen and oxygen atoms in total. The molecule has 0 radical (unpaired) electrons. The van der Waals surface area contributed by atoms with Crippen LogP contribution >= 0.6 is 23.7 Å². The molecule has 7 heteroatoms. The second kappa shape index (κ2) is 7.08. The number of amides is 2. The predicted octanol–water partition coefficient (Wildman–Crippen LogP) is 0.817. The zero-order valence-electron chi connectivity index (χ0n) is 8.78. The van der Waals surface area contributed by atoms with Crippen LogP contribution in [0.2, 0.25) is 0 Å². The molecule has 1 aromatic rings. The molecule has 0 aliphatic carbocycles. The summed E-state index contributed by atoms with van der Waals surface area (Å²) in [5, 5.41) is 6.48. The van der Waals surface area contributed by atoms with Crippen LogP contribution in [0.15, 0.2) is 12.1 Å². The normalized spacial score (nSPS) is 9.06. The van der Waals surface area contributed by atoms with Gasteiger partial charge in [0, 0.05) is 20.0 Å². The zero-order valence-corrected chi connectivity index (χ0v) is 10.4. The van der Waals surface area contributed by atoms with E-state index in [0.717, 1.165) is 5.00 Å². The maximum Gasteiger partial charge on any atom is 0.261 e. The second-order valence-corrected chi connectivity index (χ2v) is 3.97. The topological polar surface area (TPSA) is 84.2 Å². The molecule has 0 unspecified atom stereocenters. The molecule has 0 saturated carbocycles. The van der Waals surface area contributed by atoms with E-state index in [4.69, 9.17) is 5.73 Å². The average Bonchev–Trinajstić information content (AvgIpc) is 2.65. The SMILES string of the molecule is CNc1ccc(C(=O)NCCC(N)=O)s1.Cl. The van der Waals surface area contributed by atoms with E-state index >= 15 is 0 Å². The summed E-state index contributed by atoms with van der Waals surface area (Å²) in [7, 11) is 1.79. The second-order valence-electron chi connectivity index (χ2n) is 2.89. The van der Waals surface area contributed by atoms with Crippen LogP contribution in [-0.4, -0.2) is 25.4 Å². The van der Waals surface area contributed by atoms with Gasteiger partial charge in [-0.2, -0.15) is 0 Å². The predicted molar refractivity (Wildman–Crippen MR) is 67.3 cm³/mol. The van der Waals surface area contributed by atoms with Crippen molar-refractivity contribution in [3.63, 3.8) is 0 Å². The minimum atomic E-state index is -0.419. The van der Waals surface area contributed by atoms with Gasteiger partial charge in [0.1, 0.15) is 0 Å². The van der Waals surface area contributed by atoms with E-state index in [9.17, 15) is 9.59 Å². The molecule has 0 spiro atoms. The number of primary amides is 1. The summed E-state index contributed by atoms with van der Waals surface area (Å²) in [6.07, 6.45) is 0.163. The van der Waals surface area contributed by atoms with E-state index in [0.29, 0.717) is 4.88 Å². The number of carbonyl (C=O) groups excluding carboxylic acids is 2. The third kappa shape index (κ3) is 4.50. The lowest BCUT2D eigenvalue weighted by Crippen LogP contribution is -2.27. The Kier molecular flexibility index (Phi) is 6.52. The van der Waals surface area contributed by atoms with Crippen molar-refractivity contribution in [2.45, 2.75) is 6.42 Å². The van der Waals surface area contributed by atoms with Crippen LogP contribution in [0, 0.1) is 0 Å². The van der Waals surface area contributed by atoms with Crippen LogP contribution in [0.25, 0.3) is 0 Å². The molecule has 0 aliphatic rings. The van der Waals surface area contributed by atoms with Crippen molar-refractivity contribution in [3.05, 3.63) is 17.0 Å². The number of nitrogens with one attached hydrogen (secondary N) is 2. The highest BCUT2D eigenvalue weighted by molar-refractivity contribution is 7.17.